The van der Waals surface area contributed by atoms with Crippen LogP contribution in [0.1, 0.15) is 77.6 Å². The van der Waals surface area contributed by atoms with Gasteiger partial charge in [-0.2, -0.15) is 0 Å². The molecule has 2 unspecified atom stereocenters. The van der Waals surface area contributed by atoms with E-state index in [4.69, 9.17) is 0 Å². The zero-order chi connectivity index (χ0) is 17.7. The van der Waals surface area contributed by atoms with E-state index in [0.717, 1.165) is 12.8 Å². The second-order valence-corrected chi connectivity index (χ2v) is 7.88. The molecular formula is C19H40NO3+. The van der Waals surface area contributed by atoms with Crippen molar-refractivity contribution in [2.24, 2.45) is 0 Å². The smallest absolute Gasteiger partial charge is 0.195 e. The predicted octanol–water partition coefficient (Wildman–Crippen LogP) is 3.29. The Morgan fingerprint density at radius 3 is 1.65 bits per heavy atom. The number of quaternary nitrogens is 1. The van der Waals surface area contributed by atoms with E-state index in [1.54, 1.807) is 0 Å². The lowest BCUT2D eigenvalue weighted by Crippen LogP contribution is -2.47. The molecule has 0 aromatic rings. The number of hydrogen-bond acceptors (Lipinski definition) is 3. The van der Waals surface area contributed by atoms with Gasteiger partial charge in [0.2, 0.25) is 0 Å². The van der Waals surface area contributed by atoms with E-state index >= 15 is 0 Å². The van der Waals surface area contributed by atoms with Crippen LogP contribution in [0.3, 0.4) is 0 Å². The molecule has 4 nitrogen and oxygen atoms in total. The summed E-state index contributed by atoms with van der Waals surface area (Å²) in [5.41, 5.74) is 0. The van der Waals surface area contributed by atoms with Crippen molar-refractivity contribution in [3.05, 3.63) is 0 Å². The molecule has 0 bridgehead atoms. The average molecular weight is 331 g/mol. The van der Waals surface area contributed by atoms with Gasteiger partial charge < -0.3 is 14.7 Å². The molecule has 4 heteroatoms. The van der Waals surface area contributed by atoms with Crippen molar-refractivity contribution in [3.63, 3.8) is 0 Å². The average Bonchev–Trinajstić information content (AvgIpc) is 2.46. The Bertz CT molecular complexity index is 299. The van der Waals surface area contributed by atoms with Crippen LogP contribution in [0.4, 0.5) is 0 Å². The van der Waals surface area contributed by atoms with Crippen LogP contribution in [0.15, 0.2) is 0 Å². The molecule has 0 spiro atoms. The van der Waals surface area contributed by atoms with Crippen molar-refractivity contribution in [2.45, 2.75) is 89.8 Å². The number of nitrogens with zero attached hydrogens (tertiary/aromatic N) is 1. The Hall–Kier alpha value is -0.450. The molecule has 23 heavy (non-hydrogen) atoms. The second kappa shape index (κ2) is 12.9. The third-order valence-electron chi connectivity index (χ3n) is 4.21. The van der Waals surface area contributed by atoms with Crippen molar-refractivity contribution in [3.8, 4) is 0 Å². The van der Waals surface area contributed by atoms with Gasteiger partial charge in [-0.05, 0) is 6.42 Å². The first-order valence-electron chi connectivity index (χ1n) is 9.48. The van der Waals surface area contributed by atoms with Gasteiger partial charge in [0.25, 0.3) is 0 Å². The summed E-state index contributed by atoms with van der Waals surface area (Å²) in [6.07, 6.45) is 10.7. The lowest BCUT2D eigenvalue weighted by Gasteiger charge is -2.26. The number of aliphatic hydroxyl groups is 2. The molecule has 0 fully saturated rings. The summed E-state index contributed by atoms with van der Waals surface area (Å²) in [7, 11) is 5.77. The molecule has 0 heterocycles. The summed E-state index contributed by atoms with van der Waals surface area (Å²) < 4.78 is 0.512. The summed E-state index contributed by atoms with van der Waals surface area (Å²) in [6.45, 7) is 2.58. The predicted molar refractivity (Wildman–Crippen MR) is 96.4 cm³/mol. The summed E-state index contributed by atoms with van der Waals surface area (Å²) in [5, 5.41) is 19.8. The molecule has 0 amide bonds. The van der Waals surface area contributed by atoms with Crippen molar-refractivity contribution >= 4 is 5.78 Å². The third kappa shape index (κ3) is 13.7. The van der Waals surface area contributed by atoms with E-state index in [2.05, 4.69) is 6.92 Å². The molecule has 0 saturated carbocycles. The van der Waals surface area contributed by atoms with Gasteiger partial charge >= 0.3 is 0 Å². The van der Waals surface area contributed by atoms with Gasteiger partial charge in [0.1, 0.15) is 12.6 Å². The van der Waals surface area contributed by atoms with Crippen LogP contribution in [-0.4, -0.2) is 60.4 Å². The first-order chi connectivity index (χ1) is 10.8. The molecule has 0 aromatic heterocycles. The standard InChI is InChI=1S/C19H40NO3/c1-5-6-7-8-9-10-11-12-13-14-15-17(21)19(23)18(22)16-20(2,3)4/h17-18,21-22H,5-16H2,1-4H3/q+1. The minimum atomic E-state index is -1.06. The Kier molecular flexibility index (Phi) is 12.7. The van der Waals surface area contributed by atoms with Gasteiger partial charge in [-0.3, -0.25) is 4.79 Å². The zero-order valence-corrected chi connectivity index (χ0v) is 15.9. The number of carbonyl (C=O) groups excluding carboxylic acids is 1. The third-order valence-corrected chi connectivity index (χ3v) is 4.21. The number of Topliss-reactive ketones (excluding diaryl/α,β-unsaturated/α-hetero) is 1. The molecule has 0 aliphatic carbocycles. The topological polar surface area (TPSA) is 57.5 Å². The molecule has 0 aliphatic heterocycles. The number of carbonyl (C=O) groups is 1. The number of aliphatic hydroxyl groups excluding tert-OH is 2. The molecule has 2 atom stereocenters. The first-order valence-corrected chi connectivity index (χ1v) is 9.48. The minimum absolute atomic E-state index is 0.341. The maximum absolute atomic E-state index is 11.9. The number of rotatable bonds is 15. The van der Waals surface area contributed by atoms with E-state index in [1.807, 2.05) is 21.1 Å². The fourth-order valence-corrected chi connectivity index (χ4v) is 2.80. The van der Waals surface area contributed by atoms with Crippen molar-refractivity contribution in [1.82, 2.24) is 0 Å². The van der Waals surface area contributed by atoms with Crippen molar-refractivity contribution in [1.29, 1.82) is 0 Å². The van der Waals surface area contributed by atoms with Gasteiger partial charge in [-0.25, -0.2) is 0 Å². The Morgan fingerprint density at radius 1 is 0.783 bits per heavy atom. The van der Waals surface area contributed by atoms with Gasteiger partial charge in [0.05, 0.1) is 21.1 Å². The number of likely N-dealkylation sites (N-methyl/N-ethyl adjacent to an activating group) is 1. The van der Waals surface area contributed by atoms with Gasteiger partial charge in [0.15, 0.2) is 11.9 Å². The first kappa shape index (κ1) is 22.6. The molecule has 2 N–H and O–H groups in total. The van der Waals surface area contributed by atoms with E-state index in [-0.39, 0.29) is 0 Å². The van der Waals surface area contributed by atoms with Crippen molar-refractivity contribution < 1.29 is 19.5 Å². The van der Waals surface area contributed by atoms with Gasteiger partial charge in [-0.1, -0.05) is 71.1 Å². The minimum Gasteiger partial charge on any atom is -0.385 e. The lowest BCUT2D eigenvalue weighted by molar-refractivity contribution is -0.872. The largest absolute Gasteiger partial charge is 0.385 e. The molecule has 0 aromatic carbocycles. The number of unbranched alkanes of at least 4 members (excludes halogenated alkanes) is 9. The van der Waals surface area contributed by atoms with Crippen LogP contribution < -0.4 is 0 Å². The fourth-order valence-electron chi connectivity index (χ4n) is 2.80. The highest BCUT2D eigenvalue weighted by atomic mass is 16.3. The summed E-state index contributed by atoms with van der Waals surface area (Å²) in [5.74, 6) is -0.422. The molecule has 138 valence electrons. The second-order valence-electron chi connectivity index (χ2n) is 7.88. The Labute approximate surface area is 143 Å². The Morgan fingerprint density at radius 2 is 1.22 bits per heavy atom. The maximum atomic E-state index is 11.9. The van der Waals surface area contributed by atoms with Crippen LogP contribution in [0, 0.1) is 0 Å². The Balaban J connectivity index is 3.59. The molecule has 0 aliphatic rings. The molecule has 0 radical (unpaired) electrons. The van der Waals surface area contributed by atoms with Gasteiger partial charge in [0, 0.05) is 0 Å². The lowest BCUT2D eigenvalue weighted by atomic mass is 10.0. The van der Waals surface area contributed by atoms with E-state index in [1.165, 1.54) is 51.4 Å². The van der Waals surface area contributed by atoms with Crippen LogP contribution in [0.2, 0.25) is 0 Å². The van der Waals surface area contributed by atoms with Crippen LogP contribution >= 0.6 is 0 Å². The van der Waals surface area contributed by atoms with Crippen molar-refractivity contribution in [2.75, 3.05) is 27.7 Å². The van der Waals surface area contributed by atoms with E-state index < -0.39 is 18.0 Å². The highest BCUT2D eigenvalue weighted by Crippen LogP contribution is 2.13. The van der Waals surface area contributed by atoms with Crippen LogP contribution in [0.5, 0.6) is 0 Å². The molecular weight excluding hydrogens is 290 g/mol. The fraction of sp³-hybridized carbons (Fsp3) is 0.947. The monoisotopic (exact) mass is 330 g/mol. The summed E-state index contributed by atoms with van der Waals surface area (Å²) in [4.78, 5) is 11.9. The normalized spacial score (nSPS) is 14.7. The zero-order valence-electron chi connectivity index (χ0n) is 15.9. The SMILES string of the molecule is CCCCCCCCCCCCC(O)C(=O)C(O)C[N+](C)(C)C. The van der Waals surface area contributed by atoms with Crippen LogP contribution in [-0.2, 0) is 4.79 Å². The van der Waals surface area contributed by atoms with Crippen LogP contribution in [0.25, 0.3) is 0 Å². The van der Waals surface area contributed by atoms with Gasteiger partial charge in [-0.15, -0.1) is 0 Å². The number of hydrogen-bond donors (Lipinski definition) is 2. The van der Waals surface area contributed by atoms with E-state index in [9.17, 15) is 15.0 Å². The maximum Gasteiger partial charge on any atom is 0.195 e. The molecule has 0 saturated heterocycles. The van der Waals surface area contributed by atoms with E-state index in [0.29, 0.717) is 17.4 Å². The summed E-state index contributed by atoms with van der Waals surface area (Å²) >= 11 is 0. The quantitative estimate of drug-likeness (QED) is 0.358. The molecule has 0 rings (SSSR count). The highest BCUT2D eigenvalue weighted by Gasteiger charge is 2.27. The summed E-state index contributed by atoms with van der Waals surface area (Å²) in [6, 6.07) is 0. The highest BCUT2D eigenvalue weighted by molar-refractivity contribution is 5.86. The number of ketones is 1.